The smallest absolute Gasteiger partial charge is 0.337 e. The maximum atomic E-state index is 12.4. The molecular formula is C25H19ClN2O4. The minimum Gasteiger partial charge on any atom is -0.489 e. The Balaban J connectivity index is 1.67. The third kappa shape index (κ3) is 6.21. The molecule has 160 valence electrons. The van der Waals surface area contributed by atoms with Gasteiger partial charge >= 0.3 is 5.97 Å². The molecule has 0 atom stereocenters. The van der Waals surface area contributed by atoms with Gasteiger partial charge in [0.05, 0.1) is 12.7 Å². The first-order chi connectivity index (χ1) is 15.5. The number of amides is 1. The zero-order valence-electron chi connectivity index (χ0n) is 17.2. The van der Waals surface area contributed by atoms with Crippen molar-refractivity contribution in [2.45, 2.75) is 6.61 Å². The number of ether oxygens (including phenoxy) is 2. The van der Waals surface area contributed by atoms with Crippen LogP contribution < -0.4 is 10.1 Å². The zero-order chi connectivity index (χ0) is 22.9. The highest BCUT2D eigenvalue weighted by Crippen LogP contribution is 2.19. The summed E-state index contributed by atoms with van der Waals surface area (Å²) >= 11 is 5.93. The Morgan fingerprint density at radius 3 is 2.50 bits per heavy atom. The maximum absolute atomic E-state index is 12.4. The van der Waals surface area contributed by atoms with E-state index in [1.165, 1.54) is 13.2 Å². The zero-order valence-corrected chi connectivity index (χ0v) is 17.9. The standard InChI is InChI=1S/C25H19ClN2O4/c1-31-25(30)19-10-8-17(9-11-19)16-32-23-7-2-4-18(13-23)12-20(15-27)24(29)28-22-6-3-5-21(26)14-22/h2-14H,16H2,1H3,(H,28,29). The van der Waals surface area contributed by atoms with Crippen molar-refractivity contribution in [3.63, 3.8) is 0 Å². The Morgan fingerprint density at radius 1 is 1.06 bits per heavy atom. The van der Waals surface area contributed by atoms with Gasteiger partial charge in [-0.2, -0.15) is 5.26 Å². The number of anilines is 1. The number of carbonyl (C=O) groups excluding carboxylic acids is 2. The van der Waals surface area contributed by atoms with E-state index in [1.807, 2.05) is 6.07 Å². The SMILES string of the molecule is COC(=O)c1ccc(COc2cccc(C=C(C#N)C(=O)Nc3cccc(Cl)c3)c2)cc1. The largest absolute Gasteiger partial charge is 0.489 e. The van der Waals surface area contributed by atoms with Gasteiger partial charge in [-0.05, 0) is 59.7 Å². The molecule has 0 radical (unpaired) electrons. The fraction of sp³-hybridized carbons (Fsp3) is 0.0800. The quantitative estimate of drug-likeness (QED) is 0.304. The van der Waals surface area contributed by atoms with Gasteiger partial charge in [0.1, 0.15) is 24.0 Å². The van der Waals surface area contributed by atoms with Gasteiger partial charge in [-0.15, -0.1) is 0 Å². The lowest BCUT2D eigenvalue weighted by molar-refractivity contribution is -0.112. The monoisotopic (exact) mass is 446 g/mol. The van der Waals surface area contributed by atoms with E-state index in [2.05, 4.69) is 10.1 Å². The van der Waals surface area contributed by atoms with E-state index < -0.39 is 11.9 Å². The molecule has 0 spiro atoms. The Labute approximate surface area is 190 Å². The molecule has 3 aromatic rings. The second-order valence-corrected chi connectivity index (χ2v) is 7.12. The first kappa shape index (κ1) is 22.6. The molecule has 0 saturated heterocycles. The molecule has 0 aliphatic carbocycles. The third-order valence-corrected chi connectivity index (χ3v) is 4.63. The minimum absolute atomic E-state index is 0.0551. The van der Waals surface area contributed by atoms with Gasteiger partial charge in [-0.3, -0.25) is 4.79 Å². The molecule has 32 heavy (non-hydrogen) atoms. The van der Waals surface area contributed by atoms with E-state index in [9.17, 15) is 14.9 Å². The summed E-state index contributed by atoms with van der Waals surface area (Å²) in [5.41, 5.74) is 2.42. The maximum Gasteiger partial charge on any atom is 0.337 e. The van der Waals surface area contributed by atoms with Crippen molar-refractivity contribution >= 4 is 35.2 Å². The van der Waals surface area contributed by atoms with Gasteiger partial charge in [0.25, 0.3) is 5.91 Å². The number of carbonyl (C=O) groups is 2. The number of esters is 1. The highest BCUT2D eigenvalue weighted by molar-refractivity contribution is 6.31. The molecule has 0 aromatic heterocycles. The summed E-state index contributed by atoms with van der Waals surface area (Å²) in [6, 6.07) is 22.5. The van der Waals surface area contributed by atoms with E-state index in [0.29, 0.717) is 27.6 Å². The first-order valence-electron chi connectivity index (χ1n) is 9.57. The summed E-state index contributed by atoms with van der Waals surface area (Å²) in [4.78, 5) is 23.9. The van der Waals surface area contributed by atoms with Gasteiger partial charge in [0.15, 0.2) is 0 Å². The second-order valence-electron chi connectivity index (χ2n) is 6.68. The normalized spacial score (nSPS) is 10.7. The lowest BCUT2D eigenvalue weighted by atomic mass is 10.1. The van der Waals surface area contributed by atoms with Crippen molar-refractivity contribution < 1.29 is 19.1 Å². The number of methoxy groups -OCH3 is 1. The molecule has 3 aromatic carbocycles. The van der Waals surface area contributed by atoms with Crippen LogP contribution in [0.3, 0.4) is 0 Å². The second kappa shape index (κ2) is 10.8. The van der Waals surface area contributed by atoms with E-state index in [0.717, 1.165) is 5.56 Å². The Bertz CT molecular complexity index is 1200. The molecule has 0 heterocycles. The molecule has 0 bridgehead atoms. The highest BCUT2D eigenvalue weighted by Gasteiger charge is 2.10. The number of nitrogens with zero attached hydrogens (tertiary/aromatic N) is 1. The average Bonchev–Trinajstić information content (AvgIpc) is 2.81. The van der Waals surface area contributed by atoms with Crippen molar-refractivity contribution in [3.05, 3.63) is 100 Å². The van der Waals surface area contributed by atoms with Crippen molar-refractivity contribution in [1.29, 1.82) is 5.26 Å². The number of hydrogen-bond acceptors (Lipinski definition) is 5. The summed E-state index contributed by atoms with van der Waals surface area (Å²) in [5.74, 6) is -0.361. The van der Waals surface area contributed by atoms with Crippen LogP contribution in [-0.2, 0) is 16.1 Å². The number of hydrogen-bond donors (Lipinski definition) is 1. The Hall–Kier alpha value is -4.08. The number of benzene rings is 3. The van der Waals surface area contributed by atoms with Crippen LogP contribution in [0.1, 0.15) is 21.5 Å². The van der Waals surface area contributed by atoms with Crippen LogP contribution in [0.25, 0.3) is 6.08 Å². The number of halogens is 1. The third-order valence-electron chi connectivity index (χ3n) is 4.40. The van der Waals surface area contributed by atoms with Gasteiger partial charge < -0.3 is 14.8 Å². The molecule has 0 aliphatic rings. The summed E-state index contributed by atoms with van der Waals surface area (Å²) < 4.78 is 10.5. The predicted molar refractivity (Wildman–Crippen MR) is 122 cm³/mol. The summed E-state index contributed by atoms with van der Waals surface area (Å²) in [5, 5.41) is 12.6. The number of nitriles is 1. The van der Waals surface area contributed by atoms with Crippen LogP contribution in [0.4, 0.5) is 5.69 Å². The predicted octanol–water partition coefficient (Wildman–Crippen LogP) is 5.25. The lowest BCUT2D eigenvalue weighted by Crippen LogP contribution is -2.13. The van der Waals surface area contributed by atoms with E-state index in [-0.39, 0.29) is 12.2 Å². The lowest BCUT2D eigenvalue weighted by Gasteiger charge is -2.08. The molecule has 0 aliphatic heterocycles. The molecule has 0 fully saturated rings. The van der Waals surface area contributed by atoms with Crippen molar-refractivity contribution in [2.24, 2.45) is 0 Å². The molecule has 3 rings (SSSR count). The molecule has 0 unspecified atom stereocenters. The fourth-order valence-electron chi connectivity index (χ4n) is 2.80. The minimum atomic E-state index is -0.535. The first-order valence-corrected chi connectivity index (χ1v) is 9.95. The van der Waals surface area contributed by atoms with Gasteiger partial charge in [-0.1, -0.05) is 41.9 Å². The van der Waals surface area contributed by atoms with Crippen LogP contribution in [-0.4, -0.2) is 19.0 Å². The topological polar surface area (TPSA) is 88.4 Å². The molecule has 1 amide bonds. The summed E-state index contributed by atoms with van der Waals surface area (Å²) in [7, 11) is 1.33. The number of rotatable bonds is 7. The van der Waals surface area contributed by atoms with Crippen molar-refractivity contribution in [2.75, 3.05) is 12.4 Å². The molecule has 7 heteroatoms. The van der Waals surface area contributed by atoms with Gasteiger partial charge in [-0.25, -0.2) is 4.79 Å². The van der Waals surface area contributed by atoms with Crippen LogP contribution in [0.2, 0.25) is 5.02 Å². The van der Waals surface area contributed by atoms with Crippen molar-refractivity contribution in [3.8, 4) is 11.8 Å². The Morgan fingerprint density at radius 2 is 1.81 bits per heavy atom. The van der Waals surface area contributed by atoms with Crippen LogP contribution in [0, 0.1) is 11.3 Å². The van der Waals surface area contributed by atoms with E-state index in [4.69, 9.17) is 16.3 Å². The van der Waals surface area contributed by atoms with Crippen LogP contribution in [0.15, 0.2) is 78.4 Å². The van der Waals surface area contributed by atoms with Crippen LogP contribution >= 0.6 is 11.6 Å². The van der Waals surface area contributed by atoms with E-state index >= 15 is 0 Å². The Kier molecular flexibility index (Phi) is 7.63. The molecule has 1 N–H and O–H groups in total. The average molecular weight is 447 g/mol. The molecular weight excluding hydrogens is 428 g/mol. The van der Waals surface area contributed by atoms with Gasteiger partial charge in [0.2, 0.25) is 0 Å². The summed E-state index contributed by atoms with van der Waals surface area (Å²) in [6.45, 7) is 0.287. The highest BCUT2D eigenvalue weighted by atomic mass is 35.5. The number of nitrogens with one attached hydrogen (secondary N) is 1. The fourth-order valence-corrected chi connectivity index (χ4v) is 2.99. The van der Waals surface area contributed by atoms with Gasteiger partial charge in [0, 0.05) is 10.7 Å². The molecule has 6 nitrogen and oxygen atoms in total. The van der Waals surface area contributed by atoms with E-state index in [1.54, 1.807) is 72.8 Å². The van der Waals surface area contributed by atoms with Crippen molar-refractivity contribution in [1.82, 2.24) is 0 Å². The van der Waals surface area contributed by atoms with Crippen LogP contribution in [0.5, 0.6) is 5.75 Å². The molecule has 0 saturated carbocycles. The summed E-state index contributed by atoms with van der Waals surface area (Å²) in [6.07, 6.45) is 1.48.